The van der Waals surface area contributed by atoms with Crippen LogP contribution in [0, 0.1) is 0 Å². The molecular formula is C10H20BrN. The lowest BCUT2D eigenvalue weighted by atomic mass is 10.3. The minimum Gasteiger partial charge on any atom is -0.303 e. The molecule has 1 nitrogen and oxygen atoms in total. The normalized spacial score (nSPS) is 13.2. The summed E-state index contributed by atoms with van der Waals surface area (Å²) in [6.45, 7) is 8.70. The fraction of sp³-hybridized carbons (Fsp3) is 0.800. The van der Waals surface area contributed by atoms with Gasteiger partial charge >= 0.3 is 0 Å². The van der Waals surface area contributed by atoms with Crippen molar-refractivity contribution in [2.75, 3.05) is 20.1 Å². The van der Waals surface area contributed by atoms with Crippen molar-refractivity contribution in [2.24, 2.45) is 0 Å². The van der Waals surface area contributed by atoms with E-state index in [0.29, 0.717) is 4.83 Å². The summed E-state index contributed by atoms with van der Waals surface area (Å²) in [5.74, 6) is 0. The van der Waals surface area contributed by atoms with Gasteiger partial charge in [0.15, 0.2) is 0 Å². The molecule has 0 aromatic carbocycles. The molecule has 0 heterocycles. The minimum absolute atomic E-state index is 0.631. The highest BCUT2D eigenvalue weighted by Crippen LogP contribution is 2.03. The first kappa shape index (κ1) is 12.2. The summed E-state index contributed by atoms with van der Waals surface area (Å²) < 4.78 is 0. The third kappa shape index (κ3) is 8.28. The van der Waals surface area contributed by atoms with E-state index in [9.17, 15) is 0 Å². The van der Waals surface area contributed by atoms with E-state index in [0.717, 1.165) is 13.1 Å². The molecule has 0 aliphatic heterocycles. The molecule has 0 fully saturated rings. The molecule has 0 aliphatic carbocycles. The number of nitrogens with zero attached hydrogens (tertiary/aromatic N) is 1. The Bertz CT molecular complexity index is 137. The van der Waals surface area contributed by atoms with Gasteiger partial charge in [-0.15, -0.1) is 0 Å². The van der Waals surface area contributed by atoms with Gasteiger partial charge in [0.25, 0.3) is 0 Å². The molecule has 0 rings (SSSR count). The van der Waals surface area contributed by atoms with Crippen LogP contribution in [0.3, 0.4) is 0 Å². The Hall–Kier alpha value is 0.180. The van der Waals surface area contributed by atoms with Gasteiger partial charge in [0, 0.05) is 11.4 Å². The van der Waals surface area contributed by atoms with Crippen LogP contribution in [0.4, 0.5) is 0 Å². The SMILES string of the molecule is CC(C)=CCN(C)CCC(C)Br. The highest BCUT2D eigenvalue weighted by atomic mass is 79.9. The fourth-order valence-corrected chi connectivity index (χ4v) is 1.03. The van der Waals surface area contributed by atoms with Crippen LogP contribution >= 0.6 is 15.9 Å². The minimum atomic E-state index is 0.631. The van der Waals surface area contributed by atoms with Crippen molar-refractivity contribution >= 4 is 15.9 Å². The van der Waals surface area contributed by atoms with E-state index in [-0.39, 0.29) is 0 Å². The Labute approximate surface area is 85.0 Å². The average Bonchev–Trinajstić information content (AvgIpc) is 1.96. The molecule has 0 bridgehead atoms. The van der Waals surface area contributed by atoms with Crippen molar-refractivity contribution in [1.29, 1.82) is 0 Å². The smallest absolute Gasteiger partial charge is 0.0162 e. The van der Waals surface area contributed by atoms with Crippen LogP contribution in [0.2, 0.25) is 0 Å². The van der Waals surface area contributed by atoms with E-state index in [1.165, 1.54) is 12.0 Å². The molecule has 0 saturated carbocycles. The van der Waals surface area contributed by atoms with Crippen LogP contribution < -0.4 is 0 Å². The molecule has 1 atom stereocenters. The molecule has 12 heavy (non-hydrogen) atoms. The lowest BCUT2D eigenvalue weighted by Crippen LogP contribution is -2.21. The van der Waals surface area contributed by atoms with Crippen molar-refractivity contribution in [1.82, 2.24) is 4.90 Å². The Morgan fingerprint density at radius 1 is 1.50 bits per heavy atom. The van der Waals surface area contributed by atoms with E-state index in [1.54, 1.807) is 0 Å². The highest BCUT2D eigenvalue weighted by Gasteiger charge is 1.98. The Kier molecular flexibility index (Phi) is 6.77. The molecule has 0 amide bonds. The van der Waals surface area contributed by atoms with Gasteiger partial charge in [-0.1, -0.05) is 34.5 Å². The number of hydrogen-bond acceptors (Lipinski definition) is 1. The second kappa shape index (κ2) is 6.67. The second-order valence-electron chi connectivity index (χ2n) is 3.61. The second-order valence-corrected chi connectivity index (χ2v) is 5.18. The average molecular weight is 234 g/mol. The zero-order chi connectivity index (χ0) is 9.56. The van der Waals surface area contributed by atoms with E-state index < -0.39 is 0 Å². The molecule has 0 saturated heterocycles. The molecule has 2 heteroatoms. The van der Waals surface area contributed by atoms with Crippen LogP contribution in [-0.2, 0) is 0 Å². The first-order chi connectivity index (χ1) is 5.52. The maximum absolute atomic E-state index is 3.54. The van der Waals surface area contributed by atoms with Gasteiger partial charge in [-0.2, -0.15) is 0 Å². The van der Waals surface area contributed by atoms with Crippen molar-refractivity contribution in [3.8, 4) is 0 Å². The molecule has 0 aromatic rings. The van der Waals surface area contributed by atoms with Crippen LogP contribution in [0.5, 0.6) is 0 Å². The zero-order valence-electron chi connectivity index (χ0n) is 8.60. The predicted molar refractivity (Wildman–Crippen MR) is 59.9 cm³/mol. The zero-order valence-corrected chi connectivity index (χ0v) is 10.2. The molecule has 0 N–H and O–H groups in total. The summed E-state index contributed by atoms with van der Waals surface area (Å²) in [6, 6.07) is 0. The van der Waals surface area contributed by atoms with Gasteiger partial charge < -0.3 is 4.90 Å². The monoisotopic (exact) mass is 233 g/mol. The number of allylic oxidation sites excluding steroid dienone is 1. The van der Waals surface area contributed by atoms with Crippen molar-refractivity contribution in [2.45, 2.75) is 32.0 Å². The van der Waals surface area contributed by atoms with Gasteiger partial charge in [-0.3, -0.25) is 0 Å². The van der Waals surface area contributed by atoms with Crippen LogP contribution in [0.15, 0.2) is 11.6 Å². The number of likely N-dealkylation sites (N-methyl/N-ethyl adjacent to an activating group) is 1. The molecule has 1 unspecified atom stereocenters. The third-order valence-electron chi connectivity index (χ3n) is 1.72. The van der Waals surface area contributed by atoms with Gasteiger partial charge in [-0.25, -0.2) is 0 Å². The Morgan fingerprint density at radius 2 is 2.08 bits per heavy atom. The lowest BCUT2D eigenvalue weighted by molar-refractivity contribution is 0.364. The quantitative estimate of drug-likeness (QED) is 0.522. The van der Waals surface area contributed by atoms with Crippen molar-refractivity contribution in [3.63, 3.8) is 0 Å². The van der Waals surface area contributed by atoms with Gasteiger partial charge in [0.1, 0.15) is 0 Å². The van der Waals surface area contributed by atoms with Crippen molar-refractivity contribution < 1.29 is 0 Å². The summed E-state index contributed by atoms with van der Waals surface area (Å²) >= 11 is 3.54. The summed E-state index contributed by atoms with van der Waals surface area (Å²) in [5, 5.41) is 0. The molecule has 0 aliphatic rings. The molecule has 0 radical (unpaired) electrons. The number of hydrogen-bond donors (Lipinski definition) is 0. The number of halogens is 1. The largest absolute Gasteiger partial charge is 0.303 e. The standard InChI is InChI=1S/C10H20BrN/c1-9(2)5-7-12(4)8-6-10(3)11/h5,10H,6-8H2,1-4H3. The molecule has 0 aromatic heterocycles. The first-order valence-electron chi connectivity index (χ1n) is 4.48. The Morgan fingerprint density at radius 3 is 2.50 bits per heavy atom. The number of alkyl halides is 1. The van der Waals surface area contributed by atoms with E-state index in [2.05, 4.69) is 54.7 Å². The summed E-state index contributed by atoms with van der Waals surface area (Å²) in [6.07, 6.45) is 3.48. The van der Waals surface area contributed by atoms with E-state index in [4.69, 9.17) is 0 Å². The summed E-state index contributed by atoms with van der Waals surface area (Å²) in [7, 11) is 2.16. The number of rotatable bonds is 5. The maximum Gasteiger partial charge on any atom is 0.0162 e. The highest BCUT2D eigenvalue weighted by molar-refractivity contribution is 9.09. The van der Waals surface area contributed by atoms with Crippen LogP contribution in [-0.4, -0.2) is 29.9 Å². The lowest BCUT2D eigenvalue weighted by Gasteiger charge is -2.15. The summed E-state index contributed by atoms with van der Waals surface area (Å²) in [4.78, 5) is 2.97. The molecule has 0 spiro atoms. The van der Waals surface area contributed by atoms with E-state index >= 15 is 0 Å². The van der Waals surface area contributed by atoms with Crippen LogP contribution in [0.1, 0.15) is 27.2 Å². The topological polar surface area (TPSA) is 3.24 Å². The van der Waals surface area contributed by atoms with Crippen molar-refractivity contribution in [3.05, 3.63) is 11.6 Å². The summed E-state index contributed by atoms with van der Waals surface area (Å²) in [5.41, 5.74) is 1.40. The van der Waals surface area contributed by atoms with Gasteiger partial charge in [0.2, 0.25) is 0 Å². The van der Waals surface area contributed by atoms with Gasteiger partial charge in [-0.05, 0) is 33.9 Å². The fourth-order valence-electron chi connectivity index (χ4n) is 0.828. The van der Waals surface area contributed by atoms with Crippen LogP contribution in [0.25, 0.3) is 0 Å². The van der Waals surface area contributed by atoms with E-state index in [1.807, 2.05) is 0 Å². The maximum atomic E-state index is 3.54. The molecule has 72 valence electrons. The molecular weight excluding hydrogens is 214 g/mol. The third-order valence-corrected chi connectivity index (χ3v) is 2.18. The predicted octanol–water partition coefficient (Wildman–Crippen LogP) is 3.06. The first-order valence-corrected chi connectivity index (χ1v) is 5.40. The Balaban J connectivity index is 3.46. The van der Waals surface area contributed by atoms with Gasteiger partial charge in [0.05, 0.1) is 0 Å².